The quantitative estimate of drug-likeness (QED) is 0.854. The third-order valence-corrected chi connectivity index (χ3v) is 3.91. The van der Waals surface area contributed by atoms with Crippen LogP contribution in [-0.2, 0) is 0 Å². The summed E-state index contributed by atoms with van der Waals surface area (Å²) in [7, 11) is 0. The number of rotatable bonds is 2. The topological polar surface area (TPSA) is 66.6 Å². The smallest absolute Gasteiger partial charge is 0.260 e. The normalized spacial score (nSPS) is 23.4. The number of phenols is 1. The molecular weight excluding hydrogens is 247 g/mol. The van der Waals surface area contributed by atoms with Gasteiger partial charge in [0, 0.05) is 13.1 Å². The van der Waals surface area contributed by atoms with E-state index in [-0.39, 0.29) is 17.2 Å². The molecule has 2 unspecified atom stereocenters. The third kappa shape index (κ3) is 2.71. The van der Waals surface area contributed by atoms with Crippen molar-refractivity contribution in [2.45, 2.75) is 13.3 Å². The molecule has 1 saturated heterocycles. The number of benzene rings is 1. The molecule has 1 aliphatic heterocycles. The van der Waals surface area contributed by atoms with Crippen LogP contribution in [0.25, 0.3) is 0 Å². The summed E-state index contributed by atoms with van der Waals surface area (Å²) in [6.45, 7) is 3.71. The van der Waals surface area contributed by atoms with Crippen LogP contribution in [0.4, 0.5) is 4.39 Å². The van der Waals surface area contributed by atoms with Gasteiger partial charge in [-0.25, -0.2) is 4.39 Å². The number of nitrogens with zero attached hydrogens (tertiary/aromatic N) is 1. The van der Waals surface area contributed by atoms with E-state index in [0.29, 0.717) is 25.6 Å². The Hall–Kier alpha value is -1.62. The Morgan fingerprint density at radius 3 is 2.95 bits per heavy atom. The first-order valence-corrected chi connectivity index (χ1v) is 6.51. The summed E-state index contributed by atoms with van der Waals surface area (Å²) in [4.78, 5) is 13.9. The van der Waals surface area contributed by atoms with Gasteiger partial charge in [0.15, 0.2) is 0 Å². The lowest BCUT2D eigenvalue weighted by atomic mass is 9.87. The monoisotopic (exact) mass is 266 g/mol. The standard InChI is InChI=1S/C14H19FN2O2/c1-9-5-6-17(8-10(9)7-16)14(19)13-11(15)3-2-4-12(13)18/h2-4,9-10,18H,5-8,16H2,1H3. The van der Waals surface area contributed by atoms with Crippen LogP contribution in [0.1, 0.15) is 23.7 Å². The van der Waals surface area contributed by atoms with Gasteiger partial charge in [-0.2, -0.15) is 0 Å². The highest BCUT2D eigenvalue weighted by atomic mass is 19.1. The van der Waals surface area contributed by atoms with Gasteiger partial charge in [-0.05, 0) is 36.9 Å². The summed E-state index contributed by atoms with van der Waals surface area (Å²) in [5, 5.41) is 9.66. The summed E-state index contributed by atoms with van der Waals surface area (Å²) in [5.74, 6) is -0.767. The summed E-state index contributed by atoms with van der Waals surface area (Å²) >= 11 is 0. The van der Waals surface area contributed by atoms with Crippen molar-refractivity contribution in [1.29, 1.82) is 0 Å². The molecule has 1 aromatic rings. The molecule has 0 saturated carbocycles. The Bertz CT molecular complexity index is 458. The van der Waals surface area contributed by atoms with Gasteiger partial charge in [0.25, 0.3) is 5.91 Å². The molecule has 1 heterocycles. The molecule has 104 valence electrons. The molecule has 0 radical (unpaired) electrons. The zero-order chi connectivity index (χ0) is 14.0. The zero-order valence-corrected chi connectivity index (χ0v) is 11.0. The minimum Gasteiger partial charge on any atom is -0.507 e. The highest BCUT2D eigenvalue weighted by molar-refractivity contribution is 5.97. The van der Waals surface area contributed by atoms with Crippen LogP contribution in [0.15, 0.2) is 18.2 Å². The van der Waals surface area contributed by atoms with Gasteiger partial charge in [0.05, 0.1) is 0 Å². The van der Waals surface area contributed by atoms with Crippen LogP contribution < -0.4 is 5.73 Å². The minimum absolute atomic E-state index is 0.228. The zero-order valence-electron chi connectivity index (χ0n) is 11.0. The molecule has 4 nitrogen and oxygen atoms in total. The van der Waals surface area contributed by atoms with Crippen molar-refractivity contribution in [3.05, 3.63) is 29.6 Å². The van der Waals surface area contributed by atoms with Crippen LogP contribution >= 0.6 is 0 Å². The molecule has 2 atom stereocenters. The number of likely N-dealkylation sites (tertiary alicyclic amines) is 1. The molecule has 1 fully saturated rings. The SMILES string of the molecule is CC1CCN(C(=O)c2c(O)cccc2F)CC1CN. The number of hydrogen-bond acceptors (Lipinski definition) is 3. The fourth-order valence-electron chi connectivity index (χ4n) is 2.52. The third-order valence-electron chi connectivity index (χ3n) is 3.91. The van der Waals surface area contributed by atoms with Crippen molar-refractivity contribution < 1.29 is 14.3 Å². The molecule has 1 aliphatic rings. The van der Waals surface area contributed by atoms with E-state index in [0.717, 1.165) is 6.42 Å². The summed E-state index contributed by atoms with van der Waals surface area (Å²) < 4.78 is 13.7. The van der Waals surface area contributed by atoms with E-state index in [9.17, 15) is 14.3 Å². The van der Waals surface area contributed by atoms with E-state index in [1.54, 1.807) is 4.90 Å². The van der Waals surface area contributed by atoms with Crippen LogP contribution in [0, 0.1) is 17.7 Å². The van der Waals surface area contributed by atoms with E-state index >= 15 is 0 Å². The highest BCUT2D eigenvalue weighted by Gasteiger charge is 2.30. The average Bonchev–Trinajstić information content (AvgIpc) is 2.39. The molecule has 19 heavy (non-hydrogen) atoms. The first kappa shape index (κ1) is 13.8. The second-order valence-corrected chi connectivity index (χ2v) is 5.15. The maximum atomic E-state index is 13.7. The molecule has 3 N–H and O–H groups in total. The lowest BCUT2D eigenvalue weighted by Crippen LogP contribution is -2.45. The number of nitrogens with two attached hydrogens (primary N) is 1. The van der Waals surface area contributed by atoms with Gasteiger partial charge >= 0.3 is 0 Å². The van der Waals surface area contributed by atoms with Crippen molar-refractivity contribution >= 4 is 5.91 Å². The minimum atomic E-state index is -0.687. The fraction of sp³-hybridized carbons (Fsp3) is 0.500. The molecule has 0 bridgehead atoms. The van der Waals surface area contributed by atoms with Gasteiger partial charge < -0.3 is 15.7 Å². The number of halogens is 1. The van der Waals surface area contributed by atoms with Gasteiger partial charge in [-0.3, -0.25) is 4.79 Å². The molecule has 0 spiro atoms. The van der Waals surface area contributed by atoms with Crippen LogP contribution in [0.5, 0.6) is 5.75 Å². The Labute approximate surface area is 112 Å². The molecule has 2 rings (SSSR count). The molecule has 5 heteroatoms. The number of aromatic hydroxyl groups is 1. The number of phenolic OH excluding ortho intramolecular Hbond substituents is 1. The first-order chi connectivity index (χ1) is 9.04. The van der Waals surface area contributed by atoms with E-state index in [4.69, 9.17) is 5.73 Å². The number of hydrogen-bond donors (Lipinski definition) is 2. The van der Waals surface area contributed by atoms with Crippen LogP contribution in [0.2, 0.25) is 0 Å². The number of carbonyl (C=O) groups is 1. The van der Waals surface area contributed by atoms with E-state index in [1.165, 1.54) is 18.2 Å². The molecule has 1 aromatic carbocycles. The summed E-state index contributed by atoms with van der Waals surface area (Å²) in [6.07, 6.45) is 0.850. The summed E-state index contributed by atoms with van der Waals surface area (Å²) in [6, 6.07) is 3.88. The van der Waals surface area contributed by atoms with Crippen molar-refractivity contribution in [3.8, 4) is 5.75 Å². The molecular formula is C14H19FN2O2. The Morgan fingerprint density at radius 1 is 1.58 bits per heavy atom. The van der Waals surface area contributed by atoms with Gasteiger partial charge in [-0.1, -0.05) is 13.0 Å². The number of piperidine rings is 1. The number of carbonyl (C=O) groups excluding carboxylic acids is 1. The van der Waals surface area contributed by atoms with E-state index in [2.05, 4.69) is 6.92 Å². The summed E-state index contributed by atoms with van der Waals surface area (Å²) in [5.41, 5.74) is 5.45. The largest absolute Gasteiger partial charge is 0.507 e. The first-order valence-electron chi connectivity index (χ1n) is 6.51. The van der Waals surface area contributed by atoms with Crippen molar-refractivity contribution in [1.82, 2.24) is 4.90 Å². The highest BCUT2D eigenvalue weighted by Crippen LogP contribution is 2.27. The van der Waals surface area contributed by atoms with Gasteiger partial charge in [-0.15, -0.1) is 0 Å². The predicted molar refractivity (Wildman–Crippen MR) is 70.3 cm³/mol. The average molecular weight is 266 g/mol. The van der Waals surface area contributed by atoms with E-state index in [1.807, 2.05) is 0 Å². The Kier molecular flexibility index (Phi) is 4.04. The van der Waals surface area contributed by atoms with E-state index < -0.39 is 11.7 Å². The lowest BCUT2D eigenvalue weighted by Gasteiger charge is -2.36. The fourth-order valence-corrected chi connectivity index (χ4v) is 2.52. The Balaban J connectivity index is 2.20. The van der Waals surface area contributed by atoms with Crippen LogP contribution in [0.3, 0.4) is 0 Å². The lowest BCUT2D eigenvalue weighted by molar-refractivity contribution is 0.0611. The van der Waals surface area contributed by atoms with Crippen LogP contribution in [-0.4, -0.2) is 35.5 Å². The maximum Gasteiger partial charge on any atom is 0.260 e. The van der Waals surface area contributed by atoms with Gasteiger partial charge in [0.2, 0.25) is 0 Å². The van der Waals surface area contributed by atoms with Crippen molar-refractivity contribution in [2.75, 3.05) is 19.6 Å². The van der Waals surface area contributed by atoms with Crippen molar-refractivity contribution in [3.63, 3.8) is 0 Å². The molecule has 0 aromatic heterocycles. The second kappa shape index (κ2) is 5.57. The molecule has 0 aliphatic carbocycles. The van der Waals surface area contributed by atoms with Gasteiger partial charge in [0.1, 0.15) is 17.1 Å². The Morgan fingerprint density at radius 2 is 2.32 bits per heavy atom. The predicted octanol–water partition coefficient (Wildman–Crippen LogP) is 1.59. The second-order valence-electron chi connectivity index (χ2n) is 5.15. The van der Waals surface area contributed by atoms with Crippen molar-refractivity contribution in [2.24, 2.45) is 17.6 Å². The maximum absolute atomic E-state index is 13.7. The number of amides is 1. The molecule has 1 amide bonds.